The molecule has 0 radical (unpaired) electrons. The Hall–Kier alpha value is -5.03. The minimum Gasteiger partial charge on any atom is -0.508 e. The van der Waals surface area contributed by atoms with Crippen LogP contribution < -0.4 is 10.6 Å². The predicted molar refractivity (Wildman–Crippen MR) is 196 cm³/mol. The SMILES string of the molecule is CN(C[C@@H]1C[C@H](c2ccc(CO)cc2)O[C@H](c2cccc(-c3cccc(CNC(=O)NCc4ccccc4)c3)c2)O1)C[C@@H](O)c1cccc(O)c1. The van der Waals surface area contributed by atoms with Crippen LogP contribution >= 0.6 is 0 Å². The summed E-state index contributed by atoms with van der Waals surface area (Å²) < 4.78 is 13.2. The Bertz CT molecular complexity index is 1870. The Balaban J connectivity index is 1.14. The number of nitrogens with zero attached hydrogens (tertiary/aromatic N) is 1. The molecule has 9 heteroatoms. The number of amides is 2. The van der Waals surface area contributed by atoms with Gasteiger partial charge in [-0.2, -0.15) is 0 Å². The molecule has 1 aliphatic rings. The van der Waals surface area contributed by atoms with Gasteiger partial charge in [-0.25, -0.2) is 4.79 Å². The molecule has 4 atom stereocenters. The summed E-state index contributed by atoms with van der Waals surface area (Å²) in [6.07, 6.45) is -1.27. The molecule has 6 rings (SSSR count). The molecule has 5 aromatic carbocycles. The fraction of sp³-hybridized carbons (Fsp3) is 0.262. The summed E-state index contributed by atoms with van der Waals surface area (Å²) in [4.78, 5) is 14.5. The highest BCUT2D eigenvalue weighted by Gasteiger charge is 2.33. The third-order valence-corrected chi connectivity index (χ3v) is 9.04. The summed E-state index contributed by atoms with van der Waals surface area (Å²) in [5, 5.41) is 36.2. The second-order valence-corrected chi connectivity index (χ2v) is 13.0. The monoisotopic (exact) mass is 687 g/mol. The number of phenols is 1. The van der Waals surface area contributed by atoms with Crippen molar-refractivity contribution in [3.05, 3.63) is 161 Å². The molecular formula is C42H45N3O6. The molecule has 0 aromatic heterocycles. The summed E-state index contributed by atoms with van der Waals surface area (Å²) in [6, 6.07) is 40.2. The Morgan fingerprint density at radius 2 is 1.45 bits per heavy atom. The largest absolute Gasteiger partial charge is 0.508 e. The van der Waals surface area contributed by atoms with Crippen molar-refractivity contribution in [2.75, 3.05) is 20.1 Å². The molecule has 5 aromatic rings. The van der Waals surface area contributed by atoms with Crippen LogP contribution in [-0.2, 0) is 29.2 Å². The van der Waals surface area contributed by atoms with Crippen molar-refractivity contribution in [1.82, 2.24) is 15.5 Å². The summed E-state index contributed by atoms with van der Waals surface area (Å²) in [7, 11) is 1.94. The number of likely N-dealkylation sites (N-methyl/N-ethyl adjacent to an activating group) is 1. The van der Waals surface area contributed by atoms with Crippen molar-refractivity contribution in [3.8, 4) is 16.9 Å². The van der Waals surface area contributed by atoms with E-state index in [0.29, 0.717) is 38.2 Å². The summed E-state index contributed by atoms with van der Waals surface area (Å²) in [5.74, 6) is 0.118. The van der Waals surface area contributed by atoms with Crippen molar-refractivity contribution in [3.63, 3.8) is 0 Å². The number of nitrogens with one attached hydrogen (secondary N) is 2. The van der Waals surface area contributed by atoms with E-state index in [9.17, 15) is 20.1 Å². The second-order valence-electron chi connectivity index (χ2n) is 13.0. The molecule has 264 valence electrons. The van der Waals surface area contributed by atoms with Crippen LogP contribution in [0.3, 0.4) is 0 Å². The zero-order valence-corrected chi connectivity index (χ0v) is 28.7. The van der Waals surface area contributed by atoms with Gasteiger partial charge in [-0.05, 0) is 70.3 Å². The molecule has 1 saturated heterocycles. The van der Waals surface area contributed by atoms with Crippen molar-refractivity contribution in [1.29, 1.82) is 0 Å². The standard InChI is InChI=1S/C42H45N3O6/c1-45(27-39(48)35-13-7-15-37(47)22-35)26-38-23-40(32-18-16-30(28-46)17-19-32)51-41(50-38)36-14-6-12-34(21-36)33-11-5-10-31(20-33)25-44-42(49)43-24-29-8-3-2-4-9-29/h2-22,38-41,46-48H,23-28H2,1H3,(H2,43,44,49)/t38-,39+,40+,41+/m0/s1. The molecule has 2 amide bonds. The van der Waals surface area contributed by atoms with Gasteiger partial charge in [0.05, 0.1) is 24.9 Å². The lowest BCUT2D eigenvalue weighted by Crippen LogP contribution is -2.39. The lowest BCUT2D eigenvalue weighted by Gasteiger charge is -2.38. The van der Waals surface area contributed by atoms with Crippen LogP contribution in [0.4, 0.5) is 4.79 Å². The van der Waals surface area contributed by atoms with E-state index >= 15 is 0 Å². The minimum absolute atomic E-state index is 0.0298. The van der Waals surface area contributed by atoms with Gasteiger partial charge in [-0.1, -0.05) is 103 Å². The first-order valence-electron chi connectivity index (χ1n) is 17.2. The van der Waals surface area contributed by atoms with E-state index in [2.05, 4.69) is 22.8 Å². The molecule has 0 aliphatic carbocycles. The molecule has 0 spiro atoms. The number of rotatable bonds is 13. The first kappa shape index (κ1) is 35.8. The van der Waals surface area contributed by atoms with Gasteiger partial charge in [0, 0.05) is 38.2 Å². The molecular weight excluding hydrogens is 642 g/mol. The van der Waals surface area contributed by atoms with Gasteiger partial charge in [0.1, 0.15) is 5.75 Å². The highest BCUT2D eigenvalue weighted by molar-refractivity contribution is 5.74. The molecule has 1 heterocycles. The lowest BCUT2D eigenvalue weighted by molar-refractivity contribution is -0.252. The summed E-state index contributed by atoms with van der Waals surface area (Å²) in [6.45, 7) is 1.72. The Morgan fingerprint density at radius 1 is 0.765 bits per heavy atom. The smallest absolute Gasteiger partial charge is 0.315 e. The molecule has 9 nitrogen and oxygen atoms in total. The van der Waals surface area contributed by atoms with E-state index in [1.165, 1.54) is 0 Å². The number of ether oxygens (including phenoxy) is 2. The van der Waals surface area contributed by atoms with E-state index in [1.54, 1.807) is 24.3 Å². The van der Waals surface area contributed by atoms with Crippen LogP contribution in [0.5, 0.6) is 5.75 Å². The molecule has 0 saturated carbocycles. The van der Waals surface area contributed by atoms with Crippen LogP contribution in [0.25, 0.3) is 11.1 Å². The number of aliphatic hydroxyl groups excluding tert-OH is 2. The number of hydrogen-bond donors (Lipinski definition) is 5. The third-order valence-electron chi connectivity index (χ3n) is 9.04. The molecule has 51 heavy (non-hydrogen) atoms. The number of carbonyl (C=O) groups excluding carboxylic acids is 1. The van der Waals surface area contributed by atoms with Crippen LogP contribution in [0.1, 0.15) is 58.3 Å². The number of urea groups is 1. The van der Waals surface area contributed by atoms with E-state index in [-0.39, 0.29) is 30.6 Å². The quantitative estimate of drug-likeness (QED) is 0.0927. The zero-order chi connectivity index (χ0) is 35.6. The maximum atomic E-state index is 12.5. The van der Waals surface area contributed by atoms with Crippen molar-refractivity contribution >= 4 is 6.03 Å². The Kier molecular flexibility index (Phi) is 12.1. The first-order valence-corrected chi connectivity index (χ1v) is 17.2. The zero-order valence-electron chi connectivity index (χ0n) is 28.7. The average molecular weight is 688 g/mol. The first-order chi connectivity index (χ1) is 24.8. The molecule has 0 unspecified atom stereocenters. The van der Waals surface area contributed by atoms with Crippen molar-refractivity contribution in [2.24, 2.45) is 0 Å². The summed E-state index contributed by atoms with van der Waals surface area (Å²) >= 11 is 0. The van der Waals surface area contributed by atoms with Gasteiger partial charge in [0.15, 0.2) is 6.29 Å². The molecule has 1 fully saturated rings. The summed E-state index contributed by atoms with van der Waals surface area (Å²) in [5.41, 5.74) is 7.36. The van der Waals surface area contributed by atoms with Crippen LogP contribution in [0, 0.1) is 0 Å². The van der Waals surface area contributed by atoms with Crippen LogP contribution in [0.15, 0.2) is 127 Å². The van der Waals surface area contributed by atoms with E-state index in [0.717, 1.165) is 38.9 Å². The van der Waals surface area contributed by atoms with E-state index < -0.39 is 12.4 Å². The van der Waals surface area contributed by atoms with Crippen LogP contribution in [0.2, 0.25) is 0 Å². The van der Waals surface area contributed by atoms with Gasteiger partial charge in [0.25, 0.3) is 0 Å². The predicted octanol–water partition coefficient (Wildman–Crippen LogP) is 6.76. The molecule has 0 bridgehead atoms. The van der Waals surface area contributed by atoms with Gasteiger partial charge in [-0.3, -0.25) is 0 Å². The van der Waals surface area contributed by atoms with Crippen molar-refractivity contribution in [2.45, 2.75) is 50.7 Å². The van der Waals surface area contributed by atoms with E-state index in [1.807, 2.05) is 103 Å². The average Bonchev–Trinajstić information content (AvgIpc) is 3.16. The maximum Gasteiger partial charge on any atom is 0.315 e. The normalized spacial score (nSPS) is 17.9. The fourth-order valence-corrected chi connectivity index (χ4v) is 6.34. The van der Waals surface area contributed by atoms with Crippen LogP contribution in [-0.4, -0.2) is 52.5 Å². The molecule has 5 N–H and O–H groups in total. The Labute approximate surface area is 299 Å². The van der Waals surface area contributed by atoms with Gasteiger partial charge < -0.3 is 40.3 Å². The fourth-order valence-electron chi connectivity index (χ4n) is 6.34. The molecule has 1 aliphatic heterocycles. The second kappa shape index (κ2) is 17.3. The number of aliphatic hydroxyl groups is 2. The highest BCUT2D eigenvalue weighted by Crippen LogP contribution is 2.39. The van der Waals surface area contributed by atoms with Gasteiger partial charge >= 0.3 is 6.03 Å². The van der Waals surface area contributed by atoms with Gasteiger partial charge in [-0.15, -0.1) is 0 Å². The highest BCUT2D eigenvalue weighted by atomic mass is 16.7. The number of carbonyl (C=O) groups is 1. The number of aromatic hydroxyl groups is 1. The van der Waals surface area contributed by atoms with Crippen molar-refractivity contribution < 1.29 is 29.6 Å². The lowest BCUT2D eigenvalue weighted by atomic mass is 9.98. The topological polar surface area (TPSA) is 124 Å². The third kappa shape index (κ3) is 10.0. The number of hydrogen-bond acceptors (Lipinski definition) is 7. The van der Waals surface area contributed by atoms with Gasteiger partial charge in [0.2, 0.25) is 0 Å². The maximum absolute atomic E-state index is 12.5. The Morgan fingerprint density at radius 3 is 2.20 bits per heavy atom. The number of phenolic OH excluding ortho intramolecular Hbond substituents is 1. The van der Waals surface area contributed by atoms with E-state index in [4.69, 9.17) is 9.47 Å². The number of benzene rings is 5. The minimum atomic E-state index is -0.772.